The van der Waals surface area contributed by atoms with Gasteiger partial charge < -0.3 is 19.8 Å². The zero-order chi connectivity index (χ0) is 23.5. The summed E-state index contributed by atoms with van der Waals surface area (Å²) < 4.78 is 10.7. The van der Waals surface area contributed by atoms with Gasteiger partial charge in [-0.1, -0.05) is 54.6 Å². The number of nitrogens with one attached hydrogen (secondary N) is 3. The molecule has 34 heavy (non-hydrogen) atoms. The topological polar surface area (TPSA) is 75.4 Å². The van der Waals surface area contributed by atoms with Crippen molar-refractivity contribution in [1.29, 1.82) is 0 Å². The summed E-state index contributed by atoms with van der Waals surface area (Å²) in [5, 5.41) is 7.90. The van der Waals surface area contributed by atoms with Crippen molar-refractivity contribution in [2.75, 3.05) is 20.8 Å². The van der Waals surface area contributed by atoms with Gasteiger partial charge in [-0.25, -0.2) is 0 Å². The van der Waals surface area contributed by atoms with Gasteiger partial charge in [0, 0.05) is 23.1 Å². The Morgan fingerprint density at radius 3 is 2.53 bits per heavy atom. The number of carbonyl (C=O) groups is 1. The summed E-state index contributed by atoms with van der Waals surface area (Å²) >= 11 is 0. The third-order valence-corrected chi connectivity index (χ3v) is 6.52. The van der Waals surface area contributed by atoms with E-state index >= 15 is 0 Å². The molecule has 0 radical (unpaired) electrons. The molecule has 0 fully saturated rings. The SMILES string of the molecule is COc1ccc(CCNC(=O)[C@@H]2Cc3c([nH]c4ccccc34)[C@@H](c3ccccc3)N2)cc1OC. The highest BCUT2D eigenvalue weighted by Crippen LogP contribution is 2.35. The van der Waals surface area contributed by atoms with Crippen LogP contribution in [0.1, 0.15) is 28.4 Å². The molecule has 2 atom stereocenters. The van der Waals surface area contributed by atoms with E-state index in [9.17, 15) is 4.79 Å². The van der Waals surface area contributed by atoms with E-state index < -0.39 is 0 Å². The molecule has 1 aromatic heterocycles. The molecule has 0 bridgehead atoms. The van der Waals surface area contributed by atoms with Gasteiger partial charge in [0.05, 0.1) is 26.3 Å². The van der Waals surface area contributed by atoms with Crippen LogP contribution in [0, 0.1) is 0 Å². The summed E-state index contributed by atoms with van der Waals surface area (Å²) in [6, 6.07) is 24.0. The van der Waals surface area contributed by atoms with E-state index in [-0.39, 0.29) is 18.0 Å². The number of amides is 1. The van der Waals surface area contributed by atoms with E-state index in [0.717, 1.165) is 22.3 Å². The van der Waals surface area contributed by atoms with Crippen LogP contribution in [0.25, 0.3) is 10.9 Å². The fraction of sp³-hybridized carbons (Fsp3) is 0.250. The first kappa shape index (κ1) is 22.0. The molecule has 1 aliphatic rings. The van der Waals surface area contributed by atoms with Crippen LogP contribution >= 0.6 is 0 Å². The number of methoxy groups -OCH3 is 2. The van der Waals surface area contributed by atoms with Gasteiger partial charge in [0.2, 0.25) is 5.91 Å². The van der Waals surface area contributed by atoms with Crippen LogP contribution < -0.4 is 20.1 Å². The number of hydrogen-bond acceptors (Lipinski definition) is 4. The zero-order valence-corrected chi connectivity index (χ0v) is 19.4. The lowest BCUT2D eigenvalue weighted by Gasteiger charge is -2.31. The monoisotopic (exact) mass is 455 g/mol. The van der Waals surface area contributed by atoms with Crippen LogP contribution in [0.15, 0.2) is 72.8 Å². The first-order valence-electron chi connectivity index (χ1n) is 11.6. The minimum absolute atomic E-state index is 0.0114. The van der Waals surface area contributed by atoms with Crippen molar-refractivity contribution in [3.8, 4) is 11.5 Å². The van der Waals surface area contributed by atoms with Gasteiger partial charge in [-0.3, -0.25) is 10.1 Å². The third-order valence-electron chi connectivity index (χ3n) is 6.52. The summed E-state index contributed by atoms with van der Waals surface area (Å²) in [7, 11) is 3.25. The first-order chi connectivity index (χ1) is 16.7. The number of fused-ring (bicyclic) bond motifs is 3. The van der Waals surface area contributed by atoms with Crippen LogP contribution in [0.4, 0.5) is 0 Å². The summed E-state index contributed by atoms with van der Waals surface area (Å²) in [6.07, 6.45) is 1.35. The van der Waals surface area contributed by atoms with Crippen LogP contribution in [-0.2, 0) is 17.6 Å². The second-order valence-corrected chi connectivity index (χ2v) is 8.56. The van der Waals surface area contributed by atoms with E-state index in [0.29, 0.717) is 30.9 Å². The van der Waals surface area contributed by atoms with Gasteiger partial charge in [-0.05, 0) is 47.7 Å². The lowest BCUT2D eigenvalue weighted by Crippen LogP contribution is -2.50. The minimum Gasteiger partial charge on any atom is -0.493 e. The van der Waals surface area contributed by atoms with Crippen LogP contribution in [-0.4, -0.2) is 37.7 Å². The molecule has 0 saturated heterocycles. The van der Waals surface area contributed by atoms with E-state index in [1.165, 1.54) is 10.9 Å². The van der Waals surface area contributed by atoms with E-state index in [1.807, 2.05) is 48.5 Å². The molecular formula is C28H29N3O3. The predicted molar refractivity (Wildman–Crippen MR) is 133 cm³/mol. The molecule has 174 valence electrons. The second kappa shape index (κ2) is 9.61. The van der Waals surface area contributed by atoms with Crippen molar-refractivity contribution in [2.45, 2.75) is 24.9 Å². The molecule has 1 aliphatic heterocycles. The zero-order valence-electron chi connectivity index (χ0n) is 19.4. The molecule has 6 nitrogen and oxygen atoms in total. The molecule has 0 saturated carbocycles. The van der Waals surface area contributed by atoms with Gasteiger partial charge in [0.15, 0.2) is 11.5 Å². The Morgan fingerprint density at radius 1 is 0.971 bits per heavy atom. The Labute approximate surface area is 199 Å². The number of ether oxygens (including phenoxy) is 2. The highest BCUT2D eigenvalue weighted by Gasteiger charge is 2.33. The van der Waals surface area contributed by atoms with Gasteiger partial charge in [-0.15, -0.1) is 0 Å². The largest absolute Gasteiger partial charge is 0.493 e. The number of benzene rings is 3. The van der Waals surface area contributed by atoms with Crippen molar-refractivity contribution >= 4 is 16.8 Å². The van der Waals surface area contributed by atoms with Crippen LogP contribution in [0.2, 0.25) is 0 Å². The first-order valence-corrected chi connectivity index (χ1v) is 11.6. The summed E-state index contributed by atoms with van der Waals surface area (Å²) in [4.78, 5) is 16.8. The van der Waals surface area contributed by atoms with E-state index in [2.05, 4.69) is 39.9 Å². The van der Waals surface area contributed by atoms with Crippen molar-refractivity contribution < 1.29 is 14.3 Å². The Bertz CT molecular complexity index is 1300. The minimum atomic E-state index is -0.317. The van der Waals surface area contributed by atoms with E-state index in [1.54, 1.807) is 14.2 Å². The normalized spacial score (nSPS) is 17.2. The molecular weight excluding hydrogens is 426 g/mol. The lowest BCUT2D eigenvalue weighted by molar-refractivity contribution is -0.123. The number of aromatic nitrogens is 1. The van der Waals surface area contributed by atoms with Crippen molar-refractivity contribution in [1.82, 2.24) is 15.6 Å². The molecule has 2 heterocycles. The Morgan fingerprint density at radius 2 is 1.74 bits per heavy atom. The van der Waals surface area contributed by atoms with Crippen LogP contribution in [0.3, 0.4) is 0 Å². The molecule has 0 aliphatic carbocycles. The molecule has 3 N–H and O–H groups in total. The van der Waals surface area contributed by atoms with Crippen LogP contribution in [0.5, 0.6) is 11.5 Å². The maximum absolute atomic E-state index is 13.2. The Hall–Kier alpha value is -3.77. The average Bonchev–Trinajstić information content (AvgIpc) is 3.27. The third kappa shape index (κ3) is 4.24. The van der Waals surface area contributed by atoms with Crippen molar-refractivity contribution in [3.05, 3.63) is 95.2 Å². The molecule has 0 spiro atoms. The van der Waals surface area contributed by atoms with Gasteiger partial charge in [0.25, 0.3) is 0 Å². The highest BCUT2D eigenvalue weighted by atomic mass is 16.5. The number of para-hydroxylation sites is 1. The van der Waals surface area contributed by atoms with Gasteiger partial charge >= 0.3 is 0 Å². The molecule has 6 heteroatoms. The maximum atomic E-state index is 13.2. The molecule has 3 aromatic carbocycles. The Kier molecular flexibility index (Phi) is 6.23. The molecule has 4 aromatic rings. The maximum Gasteiger partial charge on any atom is 0.237 e. The van der Waals surface area contributed by atoms with Gasteiger partial charge in [0.1, 0.15) is 0 Å². The number of H-pyrrole nitrogens is 1. The molecule has 0 unspecified atom stereocenters. The molecule has 1 amide bonds. The summed E-state index contributed by atoms with van der Waals surface area (Å²) in [5.41, 5.74) is 5.67. The second-order valence-electron chi connectivity index (χ2n) is 8.56. The standard InChI is InChI=1S/C28H29N3O3/c1-33-24-13-12-18(16-25(24)34-2)14-15-29-28(32)23-17-21-20-10-6-7-11-22(20)30-27(21)26(31-23)19-8-4-3-5-9-19/h3-13,16,23,26,30-31H,14-15,17H2,1-2H3,(H,29,32)/t23-,26+/m0/s1. The smallest absolute Gasteiger partial charge is 0.237 e. The van der Waals surface area contributed by atoms with E-state index in [4.69, 9.17) is 9.47 Å². The average molecular weight is 456 g/mol. The summed E-state index contributed by atoms with van der Waals surface area (Å²) in [5.74, 6) is 1.40. The highest BCUT2D eigenvalue weighted by molar-refractivity contribution is 5.88. The number of carbonyl (C=O) groups excluding carboxylic acids is 1. The molecule has 5 rings (SSSR count). The van der Waals surface area contributed by atoms with Crippen molar-refractivity contribution in [3.63, 3.8) is 0 Å². The fourth-order valence-corrected chi connectivity index (χ4v) is 4.80. The summed E-state index contributed by atoms with van der Waals surface area (Å²) in [6.45, 7) is 0.545. The number of rotatable bonds is 7. The number of aromatic amines is 1. The predicted octanol–water partition coefficient (Wildman–Crippen LogP) is 4.15. The van der Waals surface area contributed by atoms with Gasteiger partial charge in [-0.2, -0.15) is 0 Å². The fourth-order valence-electron chi connectivity index (χ4n) is 4.80. The lowest BCUT2D eigenvalue weighted by atomic mass is 9.90. The number of hydrogen-bond donors (Lipinski definition) is 3. The quantitative estimate of drug-likeness (QED) is 0.391. The van der Waals surface area contributed by atoms with Crippen molar-refractivity contribution in [2.24, 2.45) is 0 Å². The Balaban J connectivity index is 1.33.